The van der Waals surface area contributed by atoms with E-state index < -0.39 is 12.1 Å². The van der Waals surface area contributed by atoms with Gasteiger partial charge in [-0.25, -0.2) is 9.59 Å². The molecule has 4 rings (SSSR count). The topological polar surface area (TPSA) is 98.7 Å². The van der Waals surface area contributed by atoms with Crippen LogP contribution in [0.2, 0.25) is 0 Å². The van der Waals surface area contributed by atoms with Gasteiger partial charge in [0.2, 0.25) is 0 Å². The van der Waals surface area contributed by atoms with Crippen LogP contribution in [0.15, 0.2) is 0 Å². The van der Waals surface area contributed by atoms with Crippen molar-refractivity contribution in [3.8, 4) is 0 Å². The smallest absolute Gasteiger partial charge is 0.334 e. The Bertz CT molecular complexity index is 388. The number of hydrogen-bond donors (Lipinski definition) is 4. The van der Waals surface area contributed by atoms with Crippen molar-refractivity contribution in [2.24, 2.45) is 17.8 Å². The fourth-order valence-corrected chi connectivity index (χ4v) is 4.83. The van der Waals surface area contributed by atoms with Crippen LogP contribution in [0, 0.1) is 17.8 Å². The lowest BCUT2D eigenvalue weighted by molar-refractivity contribution is -0.146. The van der Waals surface area contributed by atoms with E-state index in [2.05, 4.69) is 10.6 Å². The first kappa shape index (κ1) is 13.7. The normalized spacial score (nSPS) is 39.4. The molecule has 0 aliphatic heterocycles. The van der Waals surface area contributed by atoms with E-state index in [0.717, 1.165) is 37.0 Å². The van der Waals surface area contributed by atoms with Crippen LogP contribution < -0.4 is 10.6 Å². The second kappa shape index (κ2) is 4.91. The highest BCUT2D eigenvalue weighted by molar-refractivity contribution is 5.77. The highest BCUT2D eigenvalue weighted by atomic mass is 16.4. The molecule has 4 aliphatic rings. The van der Waals surface area contributed by atoms with Gasteiger partial charge in [0.15, 0.2) is 6.10 Å². The Kier molecular flexibility index (Phi) is 3.36. The van der Waals surface area contributed by atoms with Gasteiger partial charge in [-0.15, -0.1) is 0 Å². The highest BCUT2D eigenvalue weighted by Crippen LogP contribution is 2.55. The van der Waals surface area contributed by atoms with Gasteiger partial charge >= 0.3 is 12.0 Å². The van der Waals surface area contributed by atoms with Crippen molar-refractivity contribution in [1.29, 1.82) is 0 Å². The van der Waals surface area contributed by atoms with E-state index in [1.165, 1.54) is 19.3 Å². The number of aliphatic hydroxyl groups excluding tert-OH is 1. The molecule has 0 heterocycles. The van der Waals surface area contributed by atoms with Crippen LogP contribution in [0.3, 0.4) is 0 Å². The summed E-state index contributed by atoms with van der Waals surface area (Å²) in [5.41, 5.74) is -0.0903. The summed E-state index contributed by atoms with van der Waals surface area (Å²) in [4.78, 5) is 22.4. The second-order valence-electron chi connectivity index (χ2n) is 6.89. The van der Waals surface area contributed by atoms with Crippen molar-refractivity contribution < 1.29 is 19.8 Å². The number of rotatable bonds is 4. The maximum absolute atomic E-state index is 11.9. The fourth-order valence-electron chi connectivity index (χ4n) is 4.83. The van der Waals surface area contributed by atoms with Crippen molar-refractivity contribution in [3.63, 3.8) is 0 Å². The van der Waals surface area contributed by atoms with Gasteiger partial charge in [0.05, 0.1) is 6.54 Å². The zero-order valence-corrected chi connectivity index (χ0v) is 11.5. The molecular weight excluding hydrogens is 260 g/mol. The summed E-state index contributed by atoms with van der Waals surface area (Å²) >= 11 is 0. The number of aliphatic carboxylic acids is 1. The third kappa shape index (κ3) is 2.61. The lowest BCUT2D eigenvalue weighted by Gasteiger charge is -2.56. The Balaban J connectivity index is 1.55. The number of nitrogens with one attached hydrogen (secondary N) is 2. The van der Waals surface area contributed by atoms with Crippen LogP contribution >= 0.6 is 0 Å². The minimum absolute atomic E-state index is 0.0903. The number of carbonyl (C=O) groups excluding carboxylic acids is 1. The number of carbonyl (C=O) groups is 2. The molecule has 1 unspecified atom stereocenters. The van der Waals surface area contributed by atoms with E-state index in [9.17, 15) is 9.59 Å². The van der Waals surface area contributed by atoms with Gasteiger partial charge in [0.1, 0.15) is 0 Å². The van der Waals surface area contributed by atoms with Crippen LogP contribution in [-0.2, 0) is 4.79 Å². The van der Waals surface area contributed by atoms with Crippen LogP contribution in [0.25, 0.3) is 0 Å². The van der Waals surface area contributed by atoms with Gasteiger partial charge in [-0.3, -0.25) is 0 Å². The summed E-state index contributed by atoms with van der Waals surface area (Å²) in [6.07, 6.45) is 5.52. The van der Waals surface area contributed by atoms with Crippen molar-refractivity contribution in [2.45, 2.75) is 50.2 Å². The summed E-state index contributed by atoms with van der Waals surface area (Å²) in [6, 6.07) is -0.354. The zero-order valence-electron chi connectivity index (χ0n) is 11.5. The molecule has 1 atom stereocenters. The SMILES string of the molecule is O=C(NCC(O)C(=O)O)NC12CC3CC(CC(C3)C1)C2. The molecule has 0 radical (unpaired) electrons. The molecule has 0 aromatic heterocycles. The minimum atomic E-state index is -1.54. The van der Waals surface area contributed by atoms with Crippen LogP contribution in [-0.4, -0.2) is 40.4 Å². The van der Waals surface area contributed by atoms with E-state index in [1.807, 2.05) is 0 Å². The molecule has 0 spiro atoms. The van der Waals surface area contributed by atoms with Gasteiger partial charge in [-0.1, -0.05) is 0 Å². The number of hydrogen-bond acceptors (Lipinski definition) is 3. The van der Waals surface area contributed by atoms with Crippen molar-refractivity contribution in [3.05, 3.63) is 0 Å². The van der Waals surface area contributed by atoms with Crippen molar-refractivity contribution >= 4 is 12.0 Å². The third-order valence-corrected chi connectivity index (χ3v) is 5.16. The fraction of sp³-hybridized carbons (Fsp3) is 0.857. The number of carboxylic acid groups (broad SMARTS) is 1. The van der Waals surface area contributed by atoms with E-state index in [-0.39, 0.29) is 18.1 Å². The predicted molar refractivity (Wildman–Crippen MR) is 71.1 cm³/mol. The van der Waals surface area contributed by atoms with Gasteiger partial charge < -0.3 is 20.8 Å². The Hall–Kier alpha value is -1.30. The Morgan fingerprint density at radius 1 is 1.10 bits per heavy atom. The summed E-state index contributed by atoms with van der Waals surface area (Å²) in [5, 5.41) is 23.3. The largest absolute Gasteiger partial charge is 0.479 e. The van der Waals surface area contributed by atoms with Crippen LogP contribution in [0.1, 0.15) is 38.5 Å². The van der Waals surface area contributed by atoms with Gasteiger partial charge in [-0.05, 0) is 56.3 Å². The molecule has 2 amide bonds. The van der Waals surface area contributed by atoms with Crippen LogP contribution in [0.4, 0.5) is 4.79 Å². The number of aliphatic hydroxyl groups is 1. The average Bonchev–Trinajstić information content (AvgIpc) is 2.33. The Morgan fingerprint density at radius 3 is 2.05 bits per heavy atom. The highest BCUT2D eigenvalue weighted by Gasteiger charge is 2.51. The lowest BCUT2D eigenvalue weighted by atomic mass is 9.53. The molecule has 6 nitrogen and oxygen atoms in total. The molecule has 4 fully saturated rings. The number of urea groups is 1. The zero-order chi connectivity index (χ0) is 14.3. The standard InChI is InChI=1S/C14H22N2O4/c17-11(12(18)19)7-15-13(20)16-14-4-8-1-9(5-14)3-10(2-8)6-14/h8-11,17H,1-7H2,(H,18,19)(H2,15,16,20). The van der Waals surface area contributed by atoms with E-state index in [1.54, 1.807) is 0 Å². The average molecular weight is 282 g/mol. The molecule has 0 aromatic rings. The maximum atomic E-state index is 11.9. The first-order chi connectivity index (χ1) is 9.46. The summed E-state index contributed by atoms with van der Waals surface area (Å²) in [5.74, 6) is 0.906. The lowest BCUT2D eigenvalue weighted by Crippen LogP contribution is -2.61. The summed E-state index contributed by atoms with van der Waals surface area (Å²) in [7, 11) is 0. The van der Waals surface area contributed by atoms with E-state index in [0.29, 0.717) is 0 Å². The van der Waals surface area contributed by atoms with E-state index >= 15 is 0 Å². The number of amides is 2. The van der Waals surface area contributed by atoms with Gasteiger partial charge in [-0.2, -0.15) is 0 Å². The molecule has 20 heavy (non-hydrogen) atoms. The Labute approximate surface area is 117 Å². The first-order valence-electron chi connectivity index (χ1n) is 7.43. The van der Waals surface area contributed by atoms with Crippen molar-refractivity contribution in [2.75, 3.05) is 6.54 Å². The molecule has 0 saturated heterocycles. The molecule has 112 valence electrons. The predicted octanol–water partition coefficient (Wildman–Crippen LogP) is 0.700. The molecular formula is C14H22N2O4. The summed E-state index contributed by atoms with van der Waals surface area (Å²) < 4.78 is 0. The molecule has 4 N–H and O–H groups in total. The Morgan fingerprint density at radius 2 is 1.60 bits per heavy atom. The number of carboxylic acids is 1. The second-order valence-corrected chi connectivity index (χ2v) is 6.89. The quantitative estimate of drug-likeness (QED) is 0.610. The maximum Gasteiger partial charge on any atom is 0.334 e. The van der Waals surface area contributed by atoms with Crippen molar-refractivity contribution in [1.82, 2.24) is 10.6 Å². The van der Waals surface area contributed by atoms with E-state index in [4.69, 9.17) is 10.2 Å². The molecule has 0 aromatic carbocycles. The molecule has 4 aliphatic carbocycles. The molecule has 4 saturated carbocycles. The monoisotopic (exact) mass is 282 g/mol. The van der Waals surface area contributed by atoms with Gasteiger partial charge in [0.25, 0.3) is 0 Å². The van der Waals surface area contributed by atoms with Crippen LogP contribution in [0.5, 0.6) is 0 Å². The molecule has 4 bridgehead atoms. The first-order valence-corrected chi connectivity index (χ1v) is 7.43. The molecule has 6 heteroatoms. The third-order valence-electron chi connectivity index (χ3n) is 5.16. The van der Waals surface area contributed by atoms with Gasteiger partial charge in [0, 0.05) is 5.54 Å². The minimum Gasteiger partial charge on any atom is -0.479 e. The summed E-state index contributed by atoms with van der Waals surface area (Å²) in [6.45, 7) is -0.256.